The maximum atomic E-state index is 11.5. The number of aromatic nitrogens is 1. The number of halogens is 1. The van der Waals surface area contributed by atoms with E-state index in [9.17, 15) is 9.90 Å². The number of carbonyl (C=O) groups is 1. The third-order valence-electron chi connectivity index (χ3n) is 2.78. The number of pyridine rings is 1. The van der Waals surface area contributed by atoms with Crippen molar-refractivity contribution in [2.45, 2.75) is 13.0 Å². The van der Waals surface area contributed by atoms with Gasteiger partial charge in [-0.15, -0.1) is 0 Å². The summed E-state index contributed by atoms with van der Waals surface area (Å²) in [6.45, 7) is 0.587. The van der Waals surface area contributed by atoms with Crippen LogP contribution in [0.4, 0.5) is 4.79 Å². The zero-order valence-electron chi connectivity index (χ0n) is 12.3. The quantitative estimate of drug-likeness (QED) is 0.489. The van der Waals surface area contributed by atoms with Crippen molar-refractivity contribution < 1.29 is 14.6 Å². The highest BCUT2D eigenvalue weighted by Crippen LogP contribution is 2.16. The molecule has 6 heteroatoms. The van der Waals surface area contributed by atoms with E-state index in [2.05, 4.69) is 38.1 Å². The predicted octanol–water partition coefficient (Wildman–Crippen LogP) is 3.22. The molecule has 23 heavy (non-hydrogen) atoms. The van der Waals surface area contributed by atoms with Gasteiger partial charge in [0.05, 0.1) is 0 Å². The lowest BCUT2D eigenvalue weighted by Gasteiger charge is -2.05. The van der Waals surface area contributed by atoms with Crippen molar-refractivity contribution in [3.05, 3.63) is 58.3 Å². The summed E-state index contributed by atoms with van der Waals surface area (Å²) in [6, 6.07) is 12.6. The lowest BCUT2D eigenvalue weighted by atomic mass is 10.2. The Labute approximate surface area is 142 Å². The molecule has 0 radical (unpaired) electrons. The molecule has 5 nitrogen and oxygen atoms in total. The van der Waals surface area contributed by atoms with Crippen molar-refractivity contribution in [3.63, 3.8) is 0 Å². The second-order valence-electron chi connectivity index (χ2n) is 4.54. The van der Waals surface area contributed by atoms with E-state index in [0.717, 1.165) is 5.56 Å². The zero-order chi connectivity index (χ0) is 16.5. The van der Waals surface area contributed by atoms with Crippen molar-refractivity contribution in [3.8, 4) is 17.6 Å². The summed E-state index contributed by atoms with van der Waals surface area (Å²) in [4.78, 5) is 15.6. The van der Waals surface area contributed by atoms with Gasteiger partial charge in [-0.2, -0.15) is 0 Å². The third-order valence-corrected chi connectivity index (χ3v) is 3.22. The van der Waals surface area contributed by atoms with Crippen LogP contribution < -0.4 is 5.32 Å². The van der Waals surface area contributed by atoms with Gasteiger partial charge in [0, 0.05) is 13.0 Å². The smallest absolute Gasteiger partial charge is 0.407 e. The summed E-state index contributed by atoms with van der Waals surface area (Å²) in [7, 11) is 0. The minimum atomic E-state index is -0.487. The van der Waals surface area contributed by atoms with Gasteiger partial charge in [-0.05, 0) is 39.5 Å². The summed E-state index contributed by atoms with van der Waals surface area (Å²) < 4.78 is 5.67. The Morgan fingerprint density at radius 1 is 1.26 bits per heavy atom. The molecule has 1 heterocycles. The molecule has 1 amide bonds. The Morgan fingerprint density at radius 2 is 2.04 bits per heavy atom. The molecule has 0 saturated carbocycles. The van der Waals surface area contributed by atoms with Crippen LogP contribution in [0, 0.1) is 11.8 Å². The first-order valence-electron chi connectivity index (χ1n) is 6.94. The van der Waals surface area contributed by atoms with Crippen LogP contribution in [-0.2, 0) is 11.3 Å². The van der Waals surface area contributed by atoms with Crippen LogP contribution in [0.2, 0.25) is 0 Å². The Morgan fingerprint density at radius 3 is 2.83 bits per heavy atom. The van der Waals surface area contributed by atoms with Gasteiger partial charge in [0.25, 0.3) is 0 Å². The lowest BCUT2D eigenvalue weighted by Crippen LogP contribution is -2.24. The average Bonchev–Trinajstić information content (AvgIpc) is 2.56. The molecule has 2 aromatic rings. The molecule has 1 aromatic carbocycles. The van der Waals surface area contributed by atoms with Gasteiger partial charge in [-0.25, -0.2) is 9.78 Å². The van der Waals surface area contributed by atoms with Crippen molar-refractivity contribution in [1.29, 1.82) is 0 Å². The number of nitrogens with zero attached hydrogens (tertiary/aromatic N) is 1. The monoisotopic (exact) mass is 374 g/mol. The Hall–Kier alpha value is -2.52. The van der Waals surface area contributed by atoms with Crippen molar-refractivity contribution in [2.24, 2.45) is 0 Å². The highest BCUT2D eigenvalue weighted by atomic mass is 79.9. The molecular formula is C17H15BrN2O3. The van der Waals surface area contributed by atoms with Gasteiger partial charge in [0.15, 0.2) is 5.69 Å². The van der Waals surface area contributed by atoms with Crippen LogP contribution >= 0.6 is 15.9 Å². The van der Waals surface area contributed by atoms with E-state index in [0.29, 0.717) is 23.3 Å². The fourth-order valence-electron chi connectivity index (χ4n) is 1.67. The summed E-state index contributed by atoms with van der Waals surface area (Å²) in [6.07, 6.45) is -0.0623. The maximum absolute atomic E-state index is 11.5. The number of nitrogens with one attached hydrogen (secondary N) is 1. The molecule has 0 unspecified atom stereocenters. The fourth-order valence-corrected chi connectivity index (χ4v) is 1.98. The molecular weight excluding hydrogens is 360 g/mol. The minimum Gasteiger partial charge on any atom is -0.505 e. The number of ether oxygens (including phenoxy) is 1. The van der Waals surface area contributed by atoms with Gasteiger partial charge >= 0.3 is 6.09 Å². The molecule has 0 aliphatic carbocycles. The third kappa shape index (κ3) is 6.01. The van der Waals surface area contributed by atoms with Crippen LogP contribution in [0.1, 0.15) is 17.7 Å². The van der Waals surface area contributed by atoms with Crippen LogP contribution in [0.3, 0.4) is 0 Å². The zero-order valence-corrected chi connectivity index (χ0v) is 13.8. The van der Waals surface area contributed by atoms with Crippen molar-refractivity contribution in [1.82, 2.24) is 10.3 Å². The molecule has 0 aliphatic rings. The minimum absolute atomic E-state index is 0.0240. The van der Waals surface area contributed by atoms with Gasteiger partial charge in [-0.1, -0.05) is 36.3 Å². The van der Waals surface area contributed by atoms with Gasteiger partial charge in [0.2, 0.25) is 0 Å². The van der Waals surface area contributed by atoms with E-state index >= 15 is 0 Å². The SMILES string of the molecule is O=C(NCCC#Cc1nc(Br)ccc1O)OCc1ccccc1. The average molecular weight is 375 g/mol. The van der Waals surface area contributed by atoms with Gasteiger partial charge < -0.3 is 15.2 Å². The second-order valence-corrected chi connectivity index (χ2v) is 5.35. The van der Waals surface area contributed by atoms with Gasteiger partial charge in [-0.3, -0.25) is 0 Å². The topological polar surface area (TPSA) is 71.5 Å². The fraction of sp³-hybridized carbons (Fsp3) is 0.176. The molecule has 2 N–H and O–H groups in total. The first-order valence-corrected chi connectivity index (χ1v) is 7.73. The molecule has 0 fully saturated rings. The molecule has 0 spiro atoms. The number of aromatic hydroxyl groups is 1. The number of carbonyl (C=O) groups excluding carboxylic acids is 1. The maximum Gasteiger partial charge on any atom is 0.407 e. The standard InChI is InChI=1S/C17H15BrN2O3/c18-16-10-9-15(21)14(20-16)8-4-5-11-19-17(22)23-12-13-6-2-1-3-7-13/h1-3,6-7,9-10,21H,5,11-12H2,(H,19,22). The van der Waals surface area contributed by atoms with E-state index < -0.39 is 6.09 Å². The predicted molar refractivity (Wildman–Crippen MR) is 89.7 cm³/mol. The first-order chi connectivity index (χ1) is 11.1. The molecule has 0 atom stereocenters. The summed E-state index contributed by atoms with van der Waals surface area (Å²) in [5.74, 6) is 5.61. The number of hydrogen-bond acceptors (Lipinski definition) is 4. The van der Waals surface area contributed by atoms with Crippen molar-refractivity contribution >= 4 is 22.0 Å². The molecule has 0 bridgehead atoms. The Balaban J connectivity index is 1.70. The largest absolute Gasteiger partial charge is 0.505 e. The van der Waals surface area contributed by atoms with E-state index in [1.807, 2.05) is 30.3 Å². The summed E-state index contributed by atoms with van der Waals surface area (Å²) >= 11 is 3.21. The van der Waals surface area contributed by atoms with Crippen LogP contribution in [0.5, 0.6) is 5.75 Å². The molecule has 0 saturated heterocycles. The van der Waals surface area contributed by atoms with E-state index in [-0.39, 0.29) is 12.4 Å². The molecule has 0 aliphatic heterocycles. The van der Waals surface area contributed by atoms with Gasteiger partial charge in [0.1, 0.15) is 17.0 Å². The number of benzene rings is 1. The van der Waals surface area contributed by atoms with E-state index in [4.69, 9.17) is 4.74 Å². The molecule has 1 aromatic heterocycles. The van der Waals surface area contributed by atoms with E-state index in [1.54, 1.807) is 6.07 Å². The van der Waals surface area contributed by atoms with Crippen LogP contribution in [0.15, 0.2) is 47.1 Å². The number of amides is 1. The highest BCUT2D eigenvalue weighted by Gasteiger charge is 2.01. The summed E-state index contributed by atoms with van der Waals surface area (Å²) in [5.41, 5.74) is 1.23. The first kappa shape index (κ1) is 16.8. The number of rotatable bonds is 4. The Kier molecular flexibility index (Phi) is 6.45. The van der Waals surface area contributed by atoms with Crippen LogP contribution in [0.25, 0.3) is 0 Å². The van der Waals surface area contributed by atoms with E-state index in [1.165, 1.54) is 6.07 Å². The lowest BCUT2D eigenvalue weighted by molar-refractivity contribution is 0.140. The normalized spacial score (nSPS) is 9.61. The second kappa shape index (κ2) is 8.81. The van der Waals surface area contributed by atoms with Crippen LogP contribution in [-0.4, -0.2) is 22.7 Å². The Bertz CT molecular complexity index is 724. The van der Waals surface area contributed by atoms with Crippen molar-refractivity contribution in [2.75, 3.05) is 6.54 Å². The molecule has 2 rings (SSSR count). The number of alkyl carbamates (subject to hydrolysis) is 1. The molecule has 118 valence electrons. The highest BCUT2D eigenvalue weighted by molar-refractivity contribution is 9.10. The summed E-state index contributed by atoms with van der Waals surface area (Å²) in [5, 5.41) is 12.2. The number of hydrogen-bond donors (Lipinski definition) is 2.